The molecule has 7 N–H and O–H groups in total. The van der Waals surface area contributed by atoms with Crippen LogP contribution in [0, 0.1) is 27.7 Å². The third-order valence-electron chi connectivity index (χ3n) is 11.5. The van der Waals surface area contributed by atoms with E-state index in [2.05, 4.69) is 46.2 Å². The SMILES string of the molecule is Cc1cc(N=Nc2cc(C)c(N=Nc3c(S(=O)(=O)O)cc4cc(NC(=O)c5ccccc5O)ccc4c3O)cc2C)ccc1N=Nc1ccc(N=Nc2cc3c(S(=O)(=O)O)cc(S(=O)(=O)O)cc3cc2S(=O)(=O)O)c(C)c1. The van der Waals surface area contributed by atoms with Gasteiger partial charge in [0.2, 0.25) is 0 Å². The number of hydrogen-bond acceptors (Lipinski definition) is 19. The summed E-state index contributed by atoms with van der Waals surface area (Å²) in [6, 6.07) is 26.8. The summed E-state index contributed by atoms with van der Waals surface area (Å²) in [5.41, 5.74) is 3.58. The molecule has 8 aromatic rings. The largest absolute Gasteiger partial charge is 0.507 e. The molecule has 8 aromatic carbocycles. The molecule has 24 nitrogen and oxygen atoms in total. The second kappa shape index (κ2) is 20.8. The minimum absolute atomic E-state index is 0.00652. The van der Waals surface area contributed by atoms with Crippen LogP contribution in [-0.2, 0) is 40.5 Å². The van der Waals surface area contributed by atoms with E-state index in [0.717, 1.165) is 18.2 Å². The summed E-state index contributed by atoms with van der Waals surface area (Å²) in [5.74, 6) is -1.51. The van der Waals surface area contributed by atoms with Gasteiger partial charge in [0.25, 0.3) is 46.4 Å². The van der Waals surface area contributed by atoms with Crippen LogP contribution in [0.3, 0.4) is 0 Å². The zero-order valence-electron chi connectivity index (χ0n) is 40.1. The second-order valence-corrected chi connectivity index (χ2v) is 22.6. The Morgan fingerprint density at radius 3 is 1.47 bits per heavy atom. The van der Waals surface area contributed by atoms with Crippen LogP contribution in [0.25, 0.3) is 21.5 Å². The Morgan fingerprint density at radius 1 is 0.429 bits per heavy atom. The number of phenols is 2. The van der Waals surface area contributed by atoms with Gasteiger partial charge in [-0.25, -0.2) is 0 Å². The van der Waals surface area contributed by atoms with Crippen molar-refractivity contribution in [1.29, 1.82) is 0 Å². The molecule has 0 saturated heterocycles. The summed E-state index contributed by atoms with van der Waals surface area (Å²) in [6.45, 7) is 6.82. The maximum atomic E-state index is 12.8. The molecular formula is C49H39N9O15S4. The molecule has 394 valence electrons. The van der Waals surface area contributed by atoms with Gasteiger partial charge in [-0.1, -0.05) is 12.1 Å². The molecule has 0 aromatic heterocycles. The highest BCUT2D eigenvalue weighted by Gasteiger charge is 2.26. The van der Waals surface area contributed by atoms with Gasteiger partial charge in [0, 0.05) is 16.5 Å². The van der Waals surface area contributed by atoms with Crippen LogP contribution in [0.15, 0.2) is 182 Å². The van der Waals surface area contributed by atoms with Gasteiger partial charge in [0.15, 0.2) is 5.75 Å². The molecule has 77 heavy (non-hydrogen) atoms. The van der Waals surface area contributed by atoms with Crippen molar-refractivity contribution < 1.29 is 66.9 Å². The van der Waals surface area contributed by atoms with Crippen molar-refractivity contribution in [3.8, 4) is 11.5 Å². The maximum Gasteiger partial charge on any atom is 0.296 e. The third-order valence-corrected chi connectivity index (χ3v) is 15.0. The van der Waals surface area contributed by atoms with Gasteiger partial charge in [0.1, 0.15) is 31.8 Å². The molecule has 0 aliphatic heterocycles. The minimum Gasteiger partial charge on any atom is -0.507 e. The first kappa shape index (κ1) is 54.6. The first-order valence-electron chi connectivity index (χ1n) is 22.0. The van der Waals surface area contributed by atoms with Crippen molar-refractivity contribution >= 4 is 119 Å². The van der Waals surface area contributed by atoms with Gasteiger partial charge in [-0.3, -0.25) is 23.0 Å². The van der Waals surface area contributed by atoms with Crippen molar-refractivity contribution in [2.45, 2.75) is 47.3 Å². The van der Waals surface area contributed by atoms with Gasteiger partial charge < -0.3 is 15.5 Å². The van der Waals surface area contributed by atoms with Crippen molar-refractivity contribution in [2.24, 2.45) is 40.9 Å². The van der Waals surface area contributed by atoms with Gasteiger partial charge >= 0.3 is 0 Å². The van der Waals surface area contributed by atoms with Crippen LogP contribution in [0.5, 0.6) is 11.5 Å². The fraction of sp³-hybridized carbons (Fsp3) is 0.0816. The van der Waals surface area contributed by atoms with Crippen molar-refractivity contribution in [1.82, 2.24) is 0 Å². The Morgan fingerprint density at radius 2 is 0.922 bits per heavy atom. The number of azo groups is 4. The normalized spacial score (nSPS) is 12.8. The molecule has 0 bridgehead atoms. The highest BCUT2D eigenvalue weighted by molar-refractivity contribution is 7.87. The van der Waals surface area contributed by atoms with Crippen LogP contribution < -0.4 is 5.32 Å². The molecule has 28 heteroatoms. The zero-order chi connectivity index (χ0) is 55.9. The summed E-state index contributed by atoms with van der Waals surface area (Å²) in [6.07, 6.45) is 0. The Balaban J connectivity index is 0.972. The number of anilines is 1. The summed E-state index contributed by atoms with van der Waals surface area (Å²) < 4.78 is 137. The number of benzene rings is 8. The summed E-state index contributed by atoms with van der Waals surface area (Å²) in [4.78, 5) is 9.16. The van der Waals surface area contributed by atoms with Crippen molar-refractivity contribution in [3.63, 3.8) is 0 Å². The van der Waals surface area contributed by atoms with E-state index in [-0.39, 0.29) is 39.1 Å². The lowest BCUT2D eigenvalue weighted by atomic mass is 10.1. The minimum atomic E-state index is -5.15. The number of aryl methyl sites for hydroxylation is 4. The van der Waals surface area contributed by atoms with Crippen molar-refractivity contribution in [2.75, 3.05) is 5.32 Å². The molecule has 0 unspecified atom stereocenters. The van der Waals surface area contributed by atoms with Crippen LogP contribution in [-0.4, -0.2) is 68.0 Å². The Hall–Kier alpha value is -8.61. The topological polar surface area (TPSA) is 386 Å². The number of nitrogens with zero attached hydrogens (tertiary/aromatic N) is 8. The zero-order valence-corrected chi connectivity index (χ0v) is 43.4. The van der Waals surface area contributed by atoms with E-state index in [1.54, 1.807) is 76.2 Å². The molecule has 0 fully saturated rings. The molecule has 0 heterocycles. The Labute approximate surface area is 438 Å². The second-order valence-electron chi connectivity index (χ2n) is 17.0. The average molecular weight is 1120 g/mol. The van der Waals surface area contributed by atoms with E-state index < -0.39 is 93.9 Å². The van der Waals surface area contributed by atoms with Gasteiger partial charge in [-0.05, 0) is 170 Å². The fourth-order valence-electron chi connectivity index (χ4n) is 7.62. The number of rotatable bonds is 14. The summed E-state index contributed by atoms with van der Waals surface area (Å²) in [5, 5.41) is 56.9. The first-order valence-corrected chi connectivity index (χ1v) is 27.7. The standard InChI is InChI=1S/C49H39N9O15S4/c1-25-15-33(10-13-38(25)53-51-32-11-14-39(26(2)16-32)54-57-42-24-37-30(21-45(42)76(68,69)70)20-34(74(62,63)64)23-44(37)75(65,66)67)52-55-40-17-28(4)41(18-27(40)3)56-58-47-46(77(71,72)73)22-29-19-31(9-12-35(29)48(47)60)50-49(61)36-7-5-6-8-43(36)59/h5-24,59-60H,1-4H3,(H,50,61)(H,62,63,64)(H,65,66,67)(H,68,69,70)(H,71,72,73). The molecule has 1 amide bonds. The molecule has 0 atom stereocenters. The van der Waals surface area contributed by atoms with E-state index in [4.69, 9.17) is 0 Å². The molecular weight excluding hydrogens is 1080 g/mol. The van der Waals surface area contributed by atoms with E-state index in [0.29, 0.717) is 57.1 Å². The molecule has 0 radical (unpaired) electrons. The molecule has 0 spiro atoms. The highest BCUT2D eigenvalue weighted by atomic mass is 32.2. The van der Waals surface area contributed by atoms with Crippen LogP contribution >= 0.6 is 0 Å². The lowest BCUT2D eigenvalue weighted by Gasteiger charge is -2.11. The molecule has 8 rings (SSSR count). The number of aromatic hydroxyl groups is 2. The lowest BCUT2D eigenvalue weighted by Crippen LogP contribution is -2.11. The smallest absolute Gasteiger partial charge is 0.296 e. The van der Waals surface area contributed by atoms with Crippen LogP contribution in [0.1, 0.15) is 32.6 Å². The Kier molecular flexibility index (Phi) is 14.8. The van der Waals surface area contributed by atoms with Gasteiger partial charge in [0.05, 0.1) is 44.6 Å². The number of para-hydroxylation sites is 1. The number of nitrogens with one attached hydrogen (secondary N) is 1. The third kappa shape index (κ3) is 12.2. The Bertz CT molecular complexity index is 4420. The number of hydrogen-bond donors (Lipinski definition) is 7. The van der Waals surface area contributed by atoms with Gasteiger partial charge in [-0.2, -0.15) is 64.4 Å². The quantitative estimate of drug-likeness (QED) is 0.0393. The number of carbonyl (C=O) groups excluding carboxylic acids is 1. The first-order chi connectivity index (χ1) is 36.0. The monoisotopic (exact) mass is 1120 g/mol. The summed E-state index contributed by atoms with van der Waals surface area (Å²) in [7, 11) is -20.2. The van der Waals surface area contributed by atoms with E-state index >= 15 is 0 Å². The average Bonchev–Trinajstić information content (AvgIpc) is 3.37. The van der Waals surface area contributed by atoms with Crippen LogP contribution in [0.4, 0.5) is 51.2 Å². The highest BCUT2D eigenvalue weighted by Crippen LogP contribution is 2.43. The van der Waals surface area contributed by atoms with E-state index in [1.165, 1.54) is 42.5 Å². The predicted molar refractivity (Wildman–Crippen MR) is 280 cm³/mol. The molecule has 0 aliphatic rings. The number of phenolic OH excluding ortho intramolecular Hbond substituents is 2. The fourth-order valence-corrected chi connectivity index (χ4v) is 10.3. The molecule has 0 saturated carbocycles. The molecule has 0 aliphatic carbocycles. The van der Waals surface area contributed by atoms with Crippen LogP contribution in [0.2, 0.25) is 0 Å². The lowest BCUT2D eigenvalue weighted by molar-refractivity contribution is 0.102. The van der Waals surface area contributed by atoms with Gasteiger partial charge in [-0.15, -0.1) is 10.2 Å². The number of carbonyl (C=O) groups is 1. The van der Waals surface area contributed by atoms with E-state index in [9.17, 15) is 66.9 Å². The summed E-state index contributed by atoms with van der Waals surface area (Å²) >= 11 is 0. The predicted octanol–water partition coefficient (Wildman–Crippen LogP) is 12.5. The number of fused-ring (bicyclic) bond motifs is 2. The van der Waals surface area contributed by atoms with E-state index in [1.807, 2.05) is 0 Å². The van der Waals surface area contributed by atoms with Crippen molar-refractivity contribution in [3.05, 3.63) is 149 Å². The number of amides is 1. The maximum absolute atomic E-state index is 12.8.